The van der Waals surface area contributed by atoms with E-state index in [4.69, 9.17) is 5.26 Å². The molecule has 1 aromatic carbocycles. The van der Waals surface area contributed by atoms with E-state index in [9.17, 15) is 4.79 Å². The zero-order valence-corrected chi connectivity index (χ0v) is 12.2. The molecule has 21 heavy (non-hydrogen) atoms. The van der Waals surface area contributed by atoms with Gasteiger partial charge in [0.1, 0.15) is 17.9 Å². The van der Waals surface area contributed by atoms with Gasteiger partial charge in [0.25, 0.3) is 0 Å². The summed E-state index contributed by atoms with van der Waals surface area (Å²) in [5.74, 6) is 0.738. The van der Waals surface area contributed by atoms with Gasteiger partial charge in [-0.15, -0.1) is 0 Å². The summed E-state index contributed by atoms with van der Waals surface area (Å²) in [7, 11) is 0. The van der Waals surface area contributed by atoms with Crippen molar-refractivity contribution in [2.75, 3.05) is 5.32 Å². The maximum atomic E-state index is 12.4. The molecule has 0 spiro atoms. The van der Waals surface area contributed by atoms with Crippen molar-refractivity contribution in [3.8, 4) is 6.07 Å². The molecule has 2 rings (SSSR count). The summed E-state index contributed by atoms with van der Waals surface area (Å²) >= 11 is 0. The Hall–Kier alpha value is -2.61. The number of nitriles is 1. The van der Waals surface area contributed by atoms with Gasteiger partial charge in [-0.05, 0) is 25.5 Å². The van der Waals surface area contributed by atoms with Crippen molar-refractivity contribution in [3.63, 3.8) is 0 Å². The van der Waals surface area contributed by atoms with Crippen molar-refractivity contribution in [1.29, 1.82) is 5.26 Å². The summed E-state index contributed by atoms with van der Waals surface area (Å²) < 4.78 is 1.87. The average Bonchev–Trinajstić information content (AvgIpc) is 2.95. The molecular weight excluding hydrogens is 264 g/mol. The Balaban J connectivity index is 2.16. The van der Waals surface area contributed by atoms with E-state index in [-0.39, 0.29) is 11.9 Å². The summed E-state index contributed by atoms with van der Waals surface area (Å²) in [6.45, 7) is 3.90. The van der Waals surface area contributed by atoms with Crippen LogP contribution in [0.4, 0.5) is 5.69 Å². The highest BCUT2D eigenvalue weighted by molar-refractivity contribution is 5.94. The number of carbonyl (C=O) groups excluding carboxylic acids is 1. The zero-order chi connectivity index (χ0) is 15.2. The molecule has 0 aliphatic rings. The van der Waals surface area contributed by atoms with Crippen LogP contribution in [-0.2, 0) is 11.2 Å². The van der Waals surface area contributed by atoms with Crippen LogP contribution in [0.15, 0.2) is 36.7 Å². The molecule has 0 saturated heterocycles. The van der Waals surface area contributed by atoms with E-state index in [2.05, 4.69) is 23.3 Å². The lowest BCUT2D eigenvalue weighted by Crippen LogP contribution is -2.25. The lowest BCUT2D eigenvalue weighted by Gasteiger charge is -2.16. The quantitative estimate of drug-likeness (QED) is 0.916. The number of aryl methyl sites for hydroxylation is 1. The standard InChI is InChI=1S/C16H18N4O/c1-3-6-15-18-9-10-20(15)12(2)16(21)19-14-8-5-4-7-13(14)11-17/h4-5,7-10,12H,3,6H2,1-2H3,(H,19,21). The highest BCUT2D eigenvalue weighted by Gasteiger charge is 2.18. The van der Waals surface area contributed by atoms with Crippen LogP contribution < -0.4 is 5.32 Å². The first-order valence-electron chi connectivity index (χ1n) is 6.99. The van der Waals surface area contributed by atoms with E-state index in [1.807, 2.05) is 17.7 Å². The molecule has 1 aromatic heterocycles. The number of anilines is 1. The van der Waals surface area contributed by atoms with Crippen LogP contribution >= 0.6 is 0 Å². The van der Waals surface area contributed by atoms with E-state index in [1.165, 1.54) is 0 Å². The fraction of sp³-hybridized carbons (Fsp3) is 0.312. The number of aromatic nitrogens is 2. The van der Waals surface area contributed by atoms with Crippen molar-refractivity contribution in [2.45, 2.75) is 32.7 Å². The lowest BCUT2D eigenvalue weighted by atomic mass is 10.2. The van der Waals surface area contributed by atoms with Gasteiger partial charge < -0.3 is 9.88 Å². The first-order valence-corrected chi connectivity index (χ1v) is 6.99. The second-order valence-electron chi connectivity index (χ2n) is 4.82. The number of amides is 1. The minimum Gasteiger partial charge on any atom is -0.323 e. The number of para-hydroxylation sites is 1. The fourth-order valence-electron chi connectivity index (χ4n) is 2.17. The minimum absolute atomic E-state index is 0.159. The summed E-state index contributed by atoms with van der Waals surface area (Å²) in [5.41, 5.74) is 0.992. The number of hydrogen-bond acceptors (Lipinski definition) is 3. The zero-order valence-electron chi connectivity index (χ0n) is 12.2. The third-order valence-corrected chi connectivity index (χ3v) is 3.32. The third-order valence-electron chi connectivity index (χ3n) is 3.32. The maximum absolute atomic E-state index is 12.4. The first kappa shape index (κ1) is 14.8. The second-order valence-corrected chi connectivity index (χ2v) is 4.82. The molecule has 0 bridgehead atoms. The highest BCUT2D eigenvalue weighted by Crippen LogP contribution is 2.17. The smallest absolute Gasteiger partial charge is 0.247 e. The van der Waals surface area contributed by atoms with Crippen molar-refractivity contribution < 1.29 is 4.79 Å². The van der Waals surface area contributed by atoms with Gasteiger partial charge in [0.05, 0.1) is 11.3 Å². The summed E-state index contributed by atoms with van der Waals surface area (Å²) in [5, 5.41) is 11.9. The van der Waals surface area contributed by atoms with Crippen LogP contribution in [0.2, 0.25) is 0 Å². The van der Waals surface area contributed by atoms with Gasteiger partial charge in [-0.2, -0.15) is 5.26 Å². The van der Waals surface area contributed by atoms with E-state index >= 15 is 0 Å². The van der Waals surface area contributed by atoms with Crippen LogP contribution in [0.5, 0.6) is 0 Å². The molecule has 1 atom stereocenters. The fourth-order valence-corrected chi connectivity index (χ4v) is 2.17. The van der Waals surface area contributed by atoms with Gasteiger partial charge in [-0.3, -0.25) is 4.79 Å². The van der Waals surface area contributed by atoms with Crippen molar-refractivity contribution in [1.82, 2.24) is 9.55 Å². The molecule has 108 valence electrons. The normalized spacial score (nSPS) is 11.7. The van der Waals surface area contributed by atoms with E-state index in [0.29, 0.717) is 11.3 Å². The van der Waals surface area contributed by atoms with E-state index < -0.39 is 0 Å². The van der Waals surface area contributed by atoms with Gasteiger partial charge in [0.2, 0.25) is 5.91 Å². The summed E-state index contributed by atoms with van der Waals surface area (Å²) in [6.07, 6.45) is 5.32. The number of imidazole rings is 1. The molecule has 0 fully saturated rings. The molecule has 0 aliphatic heterocycles. The molecule has 1 heterocycles. The molecule has 0 saturated carbocycles. The Bertz CT molecular complexity index is 669. The monoisotopic (exact) mass is 282 g/mol. The van der Waals surface area contributed by atoms with Crippen LogP contribution in [-0.4, -0.2) is 15.5 Å². The van der Waals surface area contributed by atoms with Gasteiger partial charge in [0.15, 0.2) is 0 Å². The Labute approximate surface area is 124 Å². The van der Waals surface area contributed by atoms with Crippen LogP contribution in [0, 0.1) is 11.3 Å². The van der Waals surface area contributed by atoms with Crippen molar-refractivity contribution in [2.24, 2.45) is 0 Å². The molecule has 1 amide bonds. The molecule has 2 aromatic rings. The Morgan fingerprint density at radius 1 is 1.48 bits per heavy atom. The predicted octanol–water partition coefficient (Wildman–Crippen LogP) is 2.91. The molecule has 1 unspecified atom stereocenters. The first-order chi connectivity index (χ1) is 10.2. The molecule has 0 aliphatic carbocycles. The maximum Gasteiger partial charge on any atom is 0.247 e. The molecular formula is C16H18N4O. The topological polar surface area (TPSA) is 70.7 Å². The molecule has 0 radical (unpaired) electrons. The second kappa shape index (κ2) is 6.71. The van der Waals surface area contributed by atoms with Gasteiger partial charge >= 0.3 is 0 Å². The van der Waals surface area contributed by atoms with Crippen LogP contribution in [0.25, 0.3) is 0 Å². The lowest BCUT2D eigenvalue weighted by molar-refractivity contribution is -0.118. The number of rotatable bonds is 5. The number of hydrogen-bond donors (Lipinski definition) is 1. The Kier molecular flexibility index (Phi) is 4.72. The van der Waals surface area contributed by atoms with Gasteiger partial charge in [-0.1, -0.05) is 19.1 Å². The third kappa shape index (κ3) is 3.29. The summed E-state index contributed by atoms with van der Waals surface area (Å²) in [6, 6.07) is 8.67. The number of nitrogens with one attached hydrogen (secondary N) is 1. The Morgan fingerprint density at radius 2 is 2.24 bits per heavy atom. The predicted molar refractivity (Wildman–Crippen MR) is 80.7 cm³/mol. The number of carbonyl (C=O) groups is 1. The number of nitrogens with zero attached hydrogens (tertiary/aromatic N) is 3. The SMILES string of the molecule is CCCc1nccn1C(C)C(=O)Nc1ccccc1C#N. The minimum atomic E-state index is -0.374. The van der Waals surface area contributed by atoms with Crippen LogP contribution in [0.1, 0.15) is 37.7 Å². The van der Waals surface area contributed by atoms with Crippen molar-refractivity contribution >= 4 is 11.6 Å². The Morgan fingerprint density at radius 3 is 2.95 bits per heavy atom. The summed E-state index contributed by atoms with van der Waals surface area (Å²) in [4.78, 5) is 16.6. The van der Waals surface area contributed by atoms with Crippen LogP contribution in [0.3, 0.4) is 0 Å². The molecule has 1 N–H and O–H groups in total. The molecule has 5 nitrogen and oxygen atoms in total. The average molecular weight is 282 g/mol. The van der Waals surface area contributed by atoms with Gasteiger partial charge in [0, 0.05) is 18.8 Å². The largest absolute Gasteiger partial charge is 0.323 e. The molecule has 5 heteroatoms. The van der Waals surface area contributed by atoms with Gasteiger partial charge in [-0.25, -0.2) is 4.98 Å². The van der Waals surface area contributed by atoms with Crippen molar-refractivity contribution in [3.05, 3.63) is 48.0 Å². The van der Waals surface area contributed by atoms with E-state index in [0.717, 1.165) is 18.7 Å². The number of benzene rings is 1. The highest BCUT2D eigenvalue weighted by atomic mass is 16.2. The van der Waals surface area contributed by atoms with E-state index in [1.54, 1.807) is 30.5 Å².